The number of likely N-dealkylation sites (tertiary alicyclic amines) is 1. The summed E-state index contributed by atoms with van der Waals surface area (Å²) in [7, 11) is 2.22. The minimum absolute atomic E-state index is 0.733. The van der Waals surface area contributed by atoms with E-state index >= 15 is 0 Å². The molecule has 3 atom stereocenters. The first-order chi connectivity index (χ1) is 7.15. The molecule has 0 radical (unpaired) electrons. The molecule has 0 aromatic rings. The van der Waals surface area contributed by atoms with Gasteiger partial charge in [0.25, 0.3) is 0 Å². The maximum absolute atomic E-state index is 3.82. The van der Waals surface area contributed by atoms with Gasteiger partial charge in [0.05, 0.1) is 0 Å². The van der Waals surface area contributed by atoms with Crippen LogP contribution < -0.4 is 5.32 Å². The Kier molecular flexibility index (Phi) is 5.62. The normalized spacial score (nSPS) is 26.8. The lowest BCUT2D eigenvalue weighted by molar-refractivity contribution is 0.337. The van der Waals surface area contributed by atoms with Crippen molar-refractivity contribution in [3.8, 4) is 0 Å². The highest BCUT2D eigenvalue weighted by Gasteiger charge is 2.22. The summed E-state index contributed by atoms with van der Waals surface area (Å²) in [5, 5.41) is 3.82. The first-order valence-corrected chi connectivity index (χ1v) is 6.60. The van der Waals surface area contributed by atoms with Gasteiger partial charge in [-0.3, -0.25) is 0 Å². The predicted octanol–water partition coefficient (Wildman–Crippen LogP) is 2.49. The third-order valence-electron chi connectivity index (χ3n) is 3.74. The van der Waals surface area contributed by atoms with Crippen LogP contribution in [0.3, 0.4) is 0 Å². The van der Waals surface area contributed by atoms with E-state index in [9.17, 15) is 0 Å². The van der Waals surface area contributed by atoms with Gasteiger partial charge in [0.1, 0.15) is 0 Å². The first kappa shape index (κ1) is 13.0. The third kappa shape index (κ3) is 4.52. The molecular weight excluding hydrogens is 184 g/mol. The number of hydrogen-bond acceptors (Lipinski definition) is 2. The van der Waals surface area contributed by atoms with E-state index in [4.69, 9.17) is 0 Å². The van der Waals surface area contributed by atoms with Gasteiger partial charge < -0.3 is 10.2 Å². The van der Waals surface area contributed by atoms with Crippen LogP contribution in [0.15, 0.2) is 0 Å². The lowest BCUT2D eigenvalue weighted by Crippen LogP contribution is -2.40. The molecule has 2 heteroatoms. The summed E-state index contributed by atoms with van der Waals surface area (Å²) in [5.41, 5.74) is 0. The van der Waals surface area contributed by atoms with Gasteiger partial charge in [-0.25, -0.2) is 0 Å². The predicted molar refractivity (Wildman–Crippen MR) is 67.2 cm³/mol. The Balaban J connectivity index is 2.27. The SMILES string of the molecule is CC[C@H](C)C[C@H](CC)N[C@@H]1CCN(C)C1. The molecule has 0 amide bonds. The fourth-order valence-electron chi connectivity index (χ4n) is 2.41. The number of nitrogens with zero attached hydrogens (tertiary/aromatic N) is 1. The Hall–Kier alpha value is -0.0800. The molecule has 0 unspecified atom stereocenters. The van der Waals surface area contributed by atoms with Gasteiger partial charge in [0, 0.05) is 18.6 Å². The van der Waals surface area contributed by atoms with E-state index < -0.39 is 0 Å². The molecule has 1 aliphatic heterocycles. The molecule has 0 aromatic heterocycles. The highest BCUT2D eigenvalue weighted by molar-refractivity contribution is 4.82. The fourth-order valence-corrected chi connectivity index (χ4v) is 2.41. The van der Waals surface area contributed by atoms with Gasteiger partial charge in [-0.05, 0) is 38.8 Å². The third-order valence-corrected chi connectivity index (χ3v) is 3.74. The van der Waals surface area contributed by atoms with Crippen molar-refractivity contribution < 1.29 is 0 Å². The Morgan fingerprint density at radius 3 is 2.53 bits per heavy atom. The second kappa shape index (κ2) is 6.49. The summed E-state index contributed by atoms with van der Waals surface area (Å²) >= 11 is 0. The van der Waals surface area contributed by atoms with Crippen molar-refractivity contribution in [3.05, 3.63) is 0 Å². The van der Waals surface area contributed by atoms with E-state index in [0.29, 0.717) is 0 Å². The van der Waals surface area contributed by atoms with Crippen LogP contribution >= 0.6 is 0 Å². The minimum Gasteiger partial charge on any atom is -0.310 e. The van der Waals surface area contributed by atoms with Crippen LogP contribution in [0.5, 0.6) is 0 Å². The highest BCUT2D eigenvalue weighted by atomic mass is 15.2. The van der Waals surface area contributed by atoms with E-state index in [1.54, 1.807) is 0 Å². The molecular formula is C13H28N2. The van der Waals surface area contributed by atoms with Gasteiger partial charge in [0.15, 0.2) is 0 Å². The zero-order chi connectivity index (χ0) is 11.3. The molecule has 1 heterocycles. The van der Waals surface area contributed by atoms with Crippen LogP contribution in [-0.2, 0) is 0 Å². The summed E-state index contributed by atoms with van der Waals surface area (Å²) < 4.78 is 0. The second-order valence-corrected chi connectivity index (χ2v) is 5.27. The van der Waals surface area contributed by atoms with E-state index in [1.807, 2.05) is 0 Å². The summed E-state index contributed by atoms with van der Waals surface area (Å²) in [6, 6.07) is 1.47. The van der Waals surface area contributed by atoms with Crippen LogP contribution in [0.1, 0.15) is 46.5 Å². The van der Waals surface area contributed by atoms with Gasteiger partial charge in [-0.15, -0.1) is 0 Å². The van der Waals surface area contributed by atoms with Crippen LogP contribution in [-0.4, -0.2) is 37.1 Å². The van der Waals surface area contributed by atoms with Crippen molar-refractivity contribution in [3.63, 3.8) is 0 Å². The summed E-state index contributed by atoms with van der Waals surface area (Å²) in [6.45, 7) is 9.46. The fraction of sp³-hybridized carbons (Fsp3) is 1.00. The van der Waals surface area contributed by atoms with Gasteiger partial charge in [-0.1, -0.05) is 27.2 Å². The molecule has 15 heavy (non-hydrogen) atoms. The largest absolute Gasteiger partial charge is 0.310 e. The minimum atomic E-state index is 0.733. The standard InChI is InChI=1S/C13H28N2/c1-5-11(3)9-12(6-2)14-13-7-8-15(4)10-13/h11-14H,5-10H2,1-4H3/t11-,12-,13+/m0/s1. The molecule has 1 fully saturated rings. The van der Waals surface area contributed by atoms with Crippen molar-refractivity contribution >= 4 is 0 Å². The van der Waals surface area contributed by atoms with E-state index in [1.165, 1.54) is 38.8 Å². The second-order valence-electron chi connectivity index (χ2n) is 5.27. The maximum Gasteiger partial charge on any atom is 0.0209 e. The van der Waals surface area contributed by atoms with Crippen LogP contribution in [0.25, 0.3) is 0 Å². The molecule has 0 bridgehead atoms. The molecule has 0 saturated carbocycles. The molecule has 1 N–H and O–H groups in total. The Morgan fingerprint density at radius 2 is 2.07 bits per heavy atom. The Labute approximate surface area is 95.4 Å². The molecule has 90 valence electrons. The molecule has 0 spiro atoms. The van der Waals surface area contributed by atoms with Gasteiger partial charge >= 0.3 is 0 Å². The molecule has 1 aliphatic rings. The Morgan fingerprint density at radius 1 is 1.33 bits per heavy atom. The van der Waals surface area contributed by atoms with Crippen molar-refractivity contribution in [1.29, 1.82) is 0 Å². The highest BCUT2D eigenvalue weighted by Crippen LogP contribution is 2.15. The van der Waals surface area contributed by atoms with Crippen molar-refractivity contribution in [1.82, 2.24) is 10.2 Å². The summed E-state index contributed by atoms with van der Waals surface area (Å²) in [6.07, 6.45) is 5.24. The van der Waals surface area contributed by atoms with Crippen molar-refractivity contribution in [2.75, 3.05) is 20.1 Å². The van der Waals surface area contributed by atoms with Gasteiger partial charge in [0.2, 0.25) is 0 Å². The lowest BCUT2D eigenvalue weighted by atomic mass is 9.97. The first-order valence-electron chi connectivity index (χ1n) is 6.60. The zero-order valence-corrected chi connectivity index (χ0v) is 10.9. The number of nitrogens with one attached hydrogen (secondary N) is 1. The number of rotatable bonds is 6. The van der Waals surface area contributed by atoms with Crippen molar-refractivity contribution in [2.24, 2.45) is 5.92 Å². The average Bonchev–Trinajstić information content (AvgIpc) is 2.62. The molecule has 1 saturated heterocycles. The Bertz CT molecular complexity index is 170. The number of hydrogen-bond donors (Lipinski definition) is 1. The van der Waals surface area contributed by atoms with E-state index in [2.05, 4.69) is 38.0 Å². The molecule has 2 nitrogen and oxygen atoms in total. The summed E-state index contributed by atoms with van der Waals surface area (Å²) in [4.78, 5) is 2.42. The molecule has 1 rings (SSSR count). The maximum atomic E-state index is 3.82. The number of likely N-dealkylation sites (N-methyl/N-ethyl adjacent to an activating group) is 1. The van der Waals surface area contributed by atoms with E-state index in [-0.39, 0.29) is 0 Å². The topological polar surface area (TPSA) is 15.3 Å². The van der Waals surface area contributed by atoms with Crippen molar-refractivity contribution in [2.45, 2.75) is 58.5 Å². The van der Waals surface area contributed by atoms with Crippen LogP contribution in [0.4, 0.5) is 0 Å². The average molecular weight is 212 g/mol. The quantitative estimate of drug-likeness (QED) is 0.728. The molecule has 0 aliphatic carbocycles. The lowest BCUT2D eigenvalue weighted by Gasteiger charge is -2.24. The van der Waals surface area contributed by atoms with Crippen LogP contribution in [0, 0.1) is 5.92 Å². The monoisotopic (exact) mass is 212 g/mol. The molecule has 0 aromatic carbocycles. The van der Waals surface area contributed by atoms with Crippen LogP contribution in [0.2, 0.25) is 0 Å². The summed E-state index contributed by atoms with van der Waals surface area (Å²) in [5.74, 6) is 0.863. The van der Waals surface area contributed by atoms with E-state index in [0.717, 1.165) is 18.0 Å². The zero-order valence-electron chi connectivity index (χ0n) is 10.9. The van der Waals surface area contributed by atoms with Gasteiger partial charge in [-0.2, -0.15) is 0 Å². The smallest absolute Gasteiger partial charge is 0.0209 e.